The molecule has 1 heterocycles. The Bertz CT molecular complexity index is 375. The largest absolute Gasteiger partial charge is 0.417 e. The molecule has 0 bridgehead atoms. The number of anilines is 1. The van der Waals surface area contributed by atoms with E-state index >= 15 is 0 Å². The summed E-state index contributed by atoms with van der Waals surface area (Å²) in [6.07, 6.45) is -0.584. The summed E-state index contributed by atoms with van der Waals surface area (Å²) in [5, 5.41) is 3.07. The molecule has 1 saturated carbocycles. The van der Waals surface area contributed by atoms with Crippen molar-refractivity contribution in [1.29, 1.82) is 0 Å². The normalized spacial score (nSPS) is 24.9. The van der Waals surface area contributed by atoms with Gasteiger partial charge >= 0.3 is 6.18 Å². The maximum absolute atomic E-state index is 12.3. The molecule has 0 saturated heterocycles. The van der Waals surface area contributed by atoms with E-state index in [-0.39, 0.29) is 12.1 Å². The summed E-state index contributed by atoms with van der Waals surface area (Å²) in [6.45, 7) is 0. The Morgan fingerprint density at radius 1 is 1.29 bits per heavy atom. The molecule has 1 aromatic rings. The number of rotatable bonds is 2. The van der Waals surface area contributed by atoms with E-state index in [0.717, 1.165) is 31.5 Å². The Balaban J connectivity index is 2.03. The Hall–Kier alpha value is -1.30. The third-order valence-electron chi connectivity index (χ3n) is 2.99. The summed E-state index contributed by atoms with van der Waals surface area (Å²) in [5.41, 5.74) is 5.12. The van der Waals surface area contributed by atoms with Gasteiger partial charge in [0.05, 0.1) is 5.56 Å². The van der Waals surface area contributed by atoms with Crippen LogP contribution in [0.2, 0.25) is 0 Å². The van der Waals surface area contributed by atoms with Crippen LogP contribution in [-0.2, 0) is 6.18 Å². The summed E-state index contributed by atoms with van der Waals surface area (Å²) in [6, 6.07) is 2.53. The third kappa shape index (κ3) is 2.88. The highest BCUT2D eigenvalue weighted by molar-refractivity contribution is 5.38. The van der Waals surface area contributed by atoms with Gasteiger partial charge in [0.15, 0.2) is 0 Å². The van der Waals surface area contributed by atoms with Crippen molar-refractivity contribution in [1.82, 2.24) is 4.98 Å². The molecule has 1 fully saturated rings. The lowest BCUT2D eigenvalue weighted by atomic mass is 10.2. The average molecular weight is 245 g/mol. The molecule has 0 radical (unpaired) electrons. The second-order valence-corrected chi connectivity index (χ2v) is 4.28. The van der Waals surface area contributed by atoms with Crippen molar-refractivity contribution in [2.24, 2.45) is 5.73 Å². The minimum atomic E-state index is -4.34. The molecule has 0 spiro atoms. The van der Waals surface area contributed by atoms with E-state index in [1.807, 2.05) is 0 Å². The van der Waals surface area contributed by atoms with Crippen LogP contribution in [0.15, 0.2) is 18.3 Å². The number of nitrogens with two attached hydrogens (primary N) is 1. The van der Waals surface area contributed by atoms with Gasteiger partial charge in [0, 0.05) is 18.3 Å². The van der Waals surface area contributed by atoms with Gasteiger partial charge in [-0.05, 0) is 31.4 Å². The van der Waals surface area contributed by atoms with Gasteiger partial charge in [0.25, 0.3) is 0 Å². The molecule has 6 heteroatoms. The van der Waals surface area contributed by atoms with E-state index in [1.54, 1.807) is 0 Å². The maximum Gasteiger partial charge on any atom is 0.417 e. The van der Waals surface area contributed by atoms with Gasteiger partial charge in [-0.2, -0.15) is 13.2 Å². The zero-order valence-electron chi connectivity index (χ0n) is 9.17. The second-order valence-electron chi connectivity index (χ2n) is 4.28. The first-order valence-electron chi connectivity index (χ1n) is 5.52. The number of aromatic nitrogens is 1. The zero-order chi connectivity index (χ0) is 12.5. The molecule has 1 aliphatic rings. The number of nitrogens with zero attached hydrogens (tertiary/aromatic N) is 1. The van der Waals surface area contributed by atoms with Crippen LogP contribution in [0.1, 0.15) is 24.8 Å². The van der Waals surface area contributed by atoms with Crippen molar-refractivity contribution in [3.05, 3.63) is 23.9 Å². The smallest absolute Gasteiger partial charge is 0.366 e. The molecule has 17 heavy (non-hydrogen) atoms. The van der Waals surface area contributed by atoms with Gasteiger partial charge < -0.3 is 11.1 Å². The van der Waals surface area contributed by atoms with E-state index < -0.39 is 11.7 Å². The Kier molecular flexibility index (Phi) is 3.24. The SMILES string of the molecule is N[C@@H]1CCC[C@@H]1Nc1ccc(C(F)(F)F)cn1. The quantitative estimate of drug-likeness (QED) is 0.841. The first-order chi connectivity index (χ1) is 7.97. The molecule has 2 atom stereocenters. The van der Waals surface area contributed by atoms with Gasteiger partial charge in [-0.1, -0.05) is 0 Å². The van der Waals surface area contributed by atoms with Crippen LogP contribution < -0.4 is 11.1 Å². The number of hydrogen-bond acceptors (Lipinski definition) is 3. The molecular weight excluding hydrogens is 231 g/mol. The lowest BCUT2D eigenvalue weighted by molar-refractivity contribution is -0.137. The number of pyridine rings is 1. The van der Waals surface area contributed by atoms with Gasteiger partial charge in [-0.3, -0.25) is 0 Å². The molecule has 0 unspecified atom stereocenters. The lowest BCUT2D eigenvalue weighted by Crippen LogP contribution is -2.35. The van der Waals surface area contributed by atoms with Crippen LogP contribution >= 0.6 is 0 Å². The van der Waals surface area contributed by atoms with Crippen LogP contribution in [0.4, 0.5) is 19.0 Å². The monoisotopic (exact) mass is 245 g/mol. The standard InChI is InChI=1S/C11H14F3N3/c12-11(13,14)7-4-5-10(16-6-7)17-9-3-1-2-8(9)15/h4-6,8-9H,1-3,15H2,(H,16,17)/t8-,9+/m1/s1. The Morgan fingerprint density at radius 2 is 2.06 bits per heavy atom. The lowest BCUT2D eigenvalue weighted by Gasteiger charge is -2.18. The van der Waals surface area contributed by atoms with Gasteiger partial charge in [-0.25, -0.2) is 4.98 Å². The molecule has 1 aromatic heterocycles. The maximum atomic E-state index is 12.3. The van der Waals surface area contributed by atoms with Crippen molar-refractivity contribution in [2.75, 3.05) is 5.32 Å². The third-order valence-corrected chi connectivity index (χ3v) is 2.99. The topological polar surface area (TPSA) is 50.9 Å². The molecule has 0 aromatic carbocycles. The Morgan fingerprint density at radius 3 is 2.53 bits per heavy atom. The highest BCUT2D eigenvalue weighted by atomic mass is 19.4. The van der Waals surface area contributed by atoms with Gasteiger partial charge in [0.2, 0.25) is 0 Å². The fourth-order valence-electron chi connectivity index (χ4n) is 2.00. The molecule has 2 rings (SSSR count). The van der Waals surface area contributed by atoms with Crippen LogP contribution in [-0.4, -0.2) is 17.1 Å². The fraction of sp³-hybridized carbons (Fsp3) is 0.545. The summed E-state index contributed by atoms with van der Waals surface area (Å²) in [4.78, 5) is 3.76. The number of nitrogens with one attached hydrogen (secondary N) is 1. The van der Waals surface area contributed by atoms with Gasteiger partial charge in [-0.15, -0.1) is 0 Å². The highest BCUT2D eigenvalue weighted by Gasteiger charge is 2.31. The summed E-state index contributed by atoms with van der Waals surface area (Å²) < 4.78 is 36.9. The zero-order valence-corrected chi connectivity index (χ0v) is 9.17. The highest BCUT2D eigenvalue weighted by Crippen LogP contribution is 2.29. The summed E-state index contributed by atoms with van der Waals surface area (Å²) in [7, 11) is 0. The van der Waals surface area contributed by atoms with Crippen LogP contribution in [0.5, 0.6) is 0 Å². The molecule has 3 N–H and O–H groups in total. The van der Waals surface area contributed by atoms with E-state index in [1.165, 1.54) is 6.07 Å². The Labute approximate surface area is 97.2 Å². The van der Waals surface area contributed by atoms with E-state index in [9.17, 15) is 13.2 Å². The minimum Gasteiger partial charge on any atom is -0.366 e. The van der Waals surface area contributed by atoms with Crippen molar-refractivity contribution < 1.29 is 13.2 Å². The van der Waals surface area contributed by atoms with Crippen molar-refractivity contribution in [2.45, 2.75) is 37.5 Å². The van der Waals surface area contributed by atoms with Crippen molar-refractivity contribution in [3.8, 4) is 0 Å². The van der Waals surface area contributed by atoms with E-state index in [4.69, 9.17) is 5.73 Å². The molecule has 1 aliphatic carbocycles. The first-order valence-corrected chi connectivity index (χ1v) is 5.52. The fourth-order valence-corrected chi connectivity index (χ4v) is 2.00. The predicted molar refractivity (Wildman–Crippen MR) is 58.5 cm³/mol. The van der Waals surface area contributed by atoms with Crippen LogP contribution in [0, 0.1) is 0 Å². The van der Waals surface area contributed by atoms with Gasteiger partial charge in [0.1, 0.15) is 5.82 Å². The molecule has 0 aliphatic heterocycles. The minimum absolute atomic E-state index is 0.0547. The number of hydrogen-bond donors (Lipinski definition) is 2. The predicted octanol–water partition coefficient (Wildman–Crippen LogP) is 2.39. The van der Waals surface area contributed by atoms with Crippen molar-refractivity contribution in [3.63, 3.8) is 0 Å². The first kappa shape index (κ1) is 12.2. The second kappa shape index (κ2) is 4.52. The average Bonchev–Trinajstić information content (AvgIpc) is 2.64. The van der Waals surface area contributed by atoms with E-state index in [0.29, 0.717) is 5.82 Å². The van der Waals surface area contributed by atoms with Crippen molar-refractivity contribution >= 4 is 5.82 Å². The van der Waals surface area contributed by atoms with E-state index in [2.05, 4.69) is 10.3 Å². The van der Waals surface area contributed by atoms with Crippen LogP contribution in [0.3, 0.4) is 0 Å². The summed E-state index contributed by atoms with van der Waals surface area (Å²) >= 11 is 0. The molecule has 3 nitrogen and oxygen atoms in total. The number of alkyl halides is 3. The molecule has 94 valence electrons. The summed E-state index contributed by atoms with van der Waals surface area (Å²) in [5.74, 6) is 0.445. The number of halogens is 3. The van der Waals surface area contributed by atoms with Crippen LogP contribution in [0.25, 0.3) is 0 Å². The molecular formula is C11H14F3N3. The molecule has 0 amide bonds.